The molecule has 1 fully saturated rings. The number of nitrogens with zero attached hydrogens (tertiary/aromatic N) is 1. The summed E-state index contributed by atoms with van der Waals surface area (Å²) in [6.07, 6.45) is 2.48. The fraction of sp³-hybridized carbons (Fsp3) is 1.00. The number of hydrogen-bond donors (Lipinski definition) is 1. The number of hydrogen-bond acceptors (Lipinski definition) is 3. The van der Waals surface area contributed by atoms with Crippen LogP contribution >= 0.6 is 0 Å². The Bertz CT molecular complexity index is 237. The molecule has 3 heteroatoms. The van der Waals surface area contributed by atoms with Crippen molar-refractivity contribution in [1.29, 1.82) is 0 Å². The third kappa shape index (κ3) is 3.94. The van der Waals surface area contributed by atoms with E-state index >= 15 is 0 Å². The quantitative estimate of drug-likeness (QED) is 0.757. The van der Waals surface area contributed by atoms with Gasteiger partial charge in [-0.2, -0.15) is 0 Å². The molecule has 0 aromatic carbocycles. The Kier molecular flexibility index (Phi) is 6.09. The maximum absolute atomic E-state index is 5.62. The summed E-state index contributed by atoms with van der Waals surface area (Å²) in [6, 6.07) is 0. The summed E-state index contributed by atoms with van der Waals surface area (Å²) in [7, 11) is 0. The molecule has 0 aliphatic carbocycles. The third-order valence-electron chi connectivity index (χ3n) is 4.59. The minimum Gasteiger partial charge on any atom is -0.378 e. The van der Waals surface area contributed by atoms with Gasteiger partial charge in [0.2, 0.25) is 0 Å². The van der Waals surface area contributed by atoms with E-state index in [2.05, 4.69) is 44.8 Å². The van der Waals surface area contributed by atoms with Crippen LogP contribution in [0.25, 0.3) is 0 Å². The van der Waals surface area contributed by atoms with Crippen molar-refractivity contribution in [3.63, 3.8) is 0 Å². The average Bonchev–Trinajstić information content (AvgIpc) is 2.36. The van der Waals surface area contributed by atoms with Crippen LogP contribution in [0.5, 0.6) is 0 Å². The van der Waals surface area contributed by atoms with Crippen molar-refractivity contribution in [2.24, 2.45) is 5.41 Å². The fourth-order valence-electron chi connectivity index (χ4n) is 2.76. The Morgan fingerprint density at radius 1 is 1.22 bits per heavy atom. The SMILES string of the molecule is CCNCC(CC)(CC)CN1CCOCC1(C)C. The van der Waals surface area contributed by atoms with Crippen molar-refractivity contribution in [3.8, 4) is 0 Å². The van der Waals surface area contributed by atoms with E-state index < -0.39 is 0 Å². The van der Waals surface area contributed by atoms with E-state index in [9.17, 15) is 0 Å². The maximum Gasteiger partial charge on any atom is 0.0645 e. The lowest BCUT2D eigenvalue weighted by Crippen LogP contribution is -2.57. The normalized spacial score (nSPS) is 21.2. The second-order valence-electron chi connectivity index (χ2n) is 6.27. The van der Waals surface area contributed by atoms with E-state index in [1.807, 2.05) is 0 Å². The first-order chi connectivity index (χ1) is 8.49. The molecular formula is C15H32N2O. The van der Waals surface area contributed by atoms with Crippen LogP contribution in [0, 0.1) is 5.41 Å². The van der Waals surface area contributed by atoms with E-state index in [0.29, 0.717) is 5.41 Å². The molecule has 0 aromatic heterocycles. The van der Waals surface area contributed by atoms with Crippen molar-refractivity contribution in [2.75, 3.05) is 39.4 Å². The Hall–Kier alpha value is -0.120. The number of nitrogens with one attached hydrogen (secondary N) is 1. The molecule has 0 bridgehead atoms. The molecule has 1 aliphatic rings. The topological polar surface area (TPSA) is 24.5 Å². The van der Waals surface area contributed by atoms with Gasteiger partial charge in [0.1, 0.15) is 0 Å². The van der Waals surface area contributed by atoms with Gasteiger partial charge in [0.05, 0.1) is 13.2 Å². The van der Waals surface area contributed by atoms with Crippen LogP contribution in [0.2, 0.25) is 0 Å². The highest BCUT2D eigenvalue weighted by molar-refractivity contribution is 4.91. The minimum atomic E-state index is 0.181. The Balaban J connectivity index is 2.69. The van der Waals surface area contributed by atoms with Crippen LogP contribution in [0.15, 0.2) is 0 Å². The first-order valence-electron chi connectivity index (χ1n) is 7.53. The monoisotopic (exact) mass is 256 g/mol. The highest BCUT2D eigenvalue weighted by Gasteiger charge is 2.36. The lowest BCUT2D eigenvalue weighted by molar-refractivity contribution is -0.0692. The zero-order valence-corrected chi connectivity index (χ0v) is 13.0. The molecule has 108 valence electrons. The second-order valence-corrected chi connectivity index (χ2v) is 6.27. The van der Waals surface area contributed by atoms with Crippen LogP contribution < -0.4 is 5.32 Å². The van der Waals surface area contributed by atoms with Crippen molar-refractivity contribution >= 4 is 0 Å². The van der Waals surface area contributed by atoms with Crippen molar-refractivity contribution in [3.05, 3.63) is 0 Å². The van der Waals surface area contributed by atoms with Gasteiger partial charge in [0, 0.05) is 25.2 Å². The number of ether oxygens (including phenoxy) is 1. The summed E-state index contributed by atoms with van der Waals surface area (Å²) in [4.78, 5) is 2.63. The zero-order valence-electron chi connectivity index (χ0n) is 13.0. The smallest absolute Gasteiger partial charge is 0.0645 e. The predicted molar refractivity (Wildman–Crippen MR) is 78.0 cm³/mol. The van der Waals surface area contributed by atoms with Gasteiger partial charge in [-0.15, -0.1) is 0 Å². The Morgan fingerprint density at radius 3 is 2.39 bits per heavy atom. The van der Waals surface area contributed by atoms with Crippen LogP contribution in [0.4, 0.5) is 0 Å². The number of morpholine rings is 1. The summed E-state index contributed by atoms with van der Waals surface area (Å²) in [5.74, 6) is 0. The lowest BCUT2D eigenvalue weighted by atomic mass is 9.80. The molecule has 1 heterocycles. The van der Waals surface area contributed by atoms with E-state index in [1.165, 1.54) is 19.4 Å². The zero-order chi connectivity index (χ0) is 13.6. The molecule has 1 aliphatic heterocycles. The van der Waals surface area contributed by atoms with Gasteiger partial charge in [-0.1, -0.05) is 20.8 Å². The predicted octanol–water partition coefficient (Wildman–Crippen LogP) is 2.51. The molecule has 0 atom stereocenters. The van der Waals surface area contributed by atoms with Gasteiger partial charge in [0.25, 0.3) is 0 Å². The van der Waals surface area contributed by atoms with Gasteiger partial charge >= 0.3 is 0 Å². The molecule has 0 amide bonds. The largest absolute Gasteiger partial charge is 0.378 e. The molecule has 3 nitrogen and oxygen atoms in total. The third-order valence-corrected chi connectivity index (χ3v) is 4.59. The van der Waals surface area contributed by atoms with Crippen molar-refractivity contribution in [1.82, 2.24) is 10.2 Å². The lowest BCUT2D eigenvalue weighted by Gasteiger charge is -2.47. The van der Waals surface area contributed by atoms with Crippen molar-refractivity contribution in [2.45, 2.75) is 53.0 Å². The van der Waals surface area contributed by atoms with Gasteiger partial charge < -0.3 is 10.1 Å². The van der Waals surface area contributed by atoms with Crippen LogP contribution in [0.3, 0.4) is 0 Å². The Labute approximate surface area is 113 Å². The van der Waals surface area contributed by atoms with E-state index in [0.717, 1.165) is 32.8 Å². The highest BCUT2D eigenvalue weighted by Crippen LogP contribution is 2.31. The average molecular weight is 256 g/mol. The highest BCUT2D eigenvalue weighted by atomic mass is 16.5. The van der Waals surface area contributed by atoms with Crippen molar-refractivity contribution < 1.29 is 4.74 Å². The van der Waals surface area contributed by atoms with Crippen LogP contribution in [-0.4, -0.2) is 49.8 Å². The first-order valence-corrected chi connectivity index (χ1v) is 7.53. The summed E-state index contributed by atoms with van der Waals surface area (Å²) >= 11 is 0. The molecule has 0 saturated carbocycles. The molecule has 0 radical (unpaired) electrons. The summed E-state index contributed by atoms with van der Waals surface area (Å²) in [5.41, 5.74) is 0.588. The standard InChI is InChI=1S/C15H32N2O/c1-6-15(7-2,11-16-8-3)12-17-9-10-18-13-14(17,4)5/h16H,6-13H2,1-5H3. The fourth-order valence-corrected chi connectivity index (χ4v) is 2.76. The molecule has 18 heavy (non-hydrogen) atoms. The van der Waals surface area contributed by atoms with Crippen LogP contribution in [-0.2, 0) is 4.74 Å². The number of rotatable bonds is 7. The summed E-state index contributed by atoms with van der Waals surface area (Å²) in [6.45, 7) is 17.6. The summed E-state index contributed by atoms with van der Waals surface area (Å²) in [5, 5.41) is 3.55. The van der Waals surface area contributed by atoms with E-state index in [1.54, 1.807) is 0 Å². The first kappa shape index (κ1) is 15.9. The molecule has 1 rings (SSSR count). The molecule has 0 aromatic rings. The second kappa shape index (κ2) is 6.88. The minimum absolute atomic E-state index is 0.181. The van der Waals surface area contributed by atoms with E-state index in [-0.39, 0.29) is 5.54 Å². The van der Waals surface area contributed by atoms with Crippen LogP contribution in [0.1, 0.15) is 47.5 Å². The molecule has 0 unspecified atom stereocenters. The molecule has 0 spiro atoms. The van der Waals surface area contributed by atoms with Gasteiger partial charge in [-0.25, -0.2) is 0 Å². The van der Waals surface area contributed by atoms with Gasteiger partial charge in [-0.3, -0.25) is 4.90 Å². The molecule has 1 saturated heterocycles. The maximum atomic E-state index is 5.62. The van der Waals surface area contributed by atoms with Gasteiger partial charge in [-0.05, 0) is 38.6 Å². The molecule has 1 N–H and O–H groups in total. The molecular weight excluding hydrogens is 224 g/mol. The van der Waals surface area contributed by atoms with E-state index in [4.69, 9.17) is 4.74 Å². The Morgan fingerprint density at radius 2 is 1.89 bits per heavy atom. The summed E-state index contributed by atoms with van der Waals surface area (Å²) < 4.78 is 5.62. The van der Waals surface area contributed by atoms with Gasteiger partial charge in [0.15, 0.2) is 0 Å².